The van der Waals surface area contributed by atoms with Gasteiger partial charge in [-0.15, -0.1) is 0 Å². The number of nitrogens with two attached hydrogens (primary N) is 1. The Hall–Kier alpha value is -1.39. The second kappa shape index (κ2) is 6.17. The summed E-state index contributed by atoms with van der Waals surface area (Å²) in [6.45, 7) is 2.30. The molecule has 4 nitrogen and oxygen atoms in total. The molecule has 1 aromatic carbocycles. The molecule has 0 saturated carbocycles. The van der Waals surface area contributed by atoms with Gasteiger partial charge in [0, 0.05) is 13.1 Å². The van der Waals surface area contributed by atoms with Crippen LogP contribution >= 0.6 is 0 Å². The fourth-order valence-corrected chi connectivity index (χ4v) is 2.70. The summed E-state index contributed by atoms with van der Waals surface area (Å²) < 4.78 is 0. The highest BCUT2D eigenvalue weighted by Crippen LogP contribution is 2.24. The molecule has 1 fully saturated rings. The molecule has 2 rings (SSSR count). The molecular formula is C15H23N3O. The molecule has 1 aliphatic rings. The number of likely N-dealkylation sites (tertiary alicyclic amines) is 1. The first-order chi connectivity index (χ1) is 9.13. The van der Waals surface area contributed by atoms with Gasteiger partial charge in [0.2, 0.25) is 5.91 Å². The predicted molar refractivity (Wildman–Crippen MR) is 76.6 cm³/mol. The Morgan fingerprint density at radius 2 is 2.11 bits per heavy atom. The lowest BCUT2D eigenvalue weighted by Gasteiger charge is -2.28. The van der Waals surface area contributed by atoms with Crippen LogP contribution in [0.15, 0.2) is 30.3 Å². The minimum atomic E-state index is -0.197. The third kappa shape index (κ3) is 3.14. The predicted octanol–water partition coefficient (Wildman–Crippen LogP) is 1.10. The standard InChI is InChI=1S/C15H23N3O/c1-17(2)14(13-6-4-3-5-7-13)15(19)18-9-8-12(10-16)11-18/h3-7,12,14H,8-11,16H2,1-2H3/t12-,14+/m1/s1. The van der Waals surface area contributed by atoms with E-state index in [4.69, 9.17) is 5.73 Å². The molecule has 0 aromatic heterocycles. The maximum Gasteiger partial charge on any atom is 0.244 e. The van der Waals surface area contributed by atoms with E-state index < -0.39 is 0 Å². The number of likely N-dealkylation sites (N-methyl/N-ethyl adjacent to an activating group) is 1. The first kappa shape index (κ1) is 14.0. The lowest BCUT2D eigenvalue weighted by Crippen LogP contribution is -2.39. The monoisotopic (exact) mass is 261 g/mol. The smallest absolute Gasteiger partial charge is 0.244 e. The van der Waals surface area contributed by atoms with E-state index in [9.17, 15) is 4.79 Å². The van der Waals surface area contributed by atoms with Crippen LogP contribution in [0.5, 0.6) is 0 Å². The fraction of sp³-hybridized carbons (Fsp3) is 0.533. The number of carbonyl (C=O) groups excluding carboxylic acids is 1. The van der Waals surface area contributed by atoms with Gasteiger partial charge in [0.05, 0.1) is 0 Å². The number of benzene rings is 1. The molecule has 1 aromatic rings. The van der Waals surface area contributed by atoms with Crippen LogP contribution in [0.4, 0.5) is 0 Å². The molecule has 1 heterocycles. The van der Waals surface area contributed by atoms with Crippen LogP contribution < -0.4 is 5.73 Å². The molecule has 1 amide bonds. The zero-order chi connectivity index (χ0) is 13.8. The van der Waals surface area contributed by atoms with E-state index in [-0.39, 0.29) is 11.9 Å². The molecule has 4 heteroatoms. The number of hydrogen-bond donors (Lipinski definition) is 1. The van der Waals surface area contributed by atoms with Gasteiger partial charge in [-0.2, -0.15) is 0 Å². The number of nitrogens with zero attached hydrogens (tertiary/aromatic N) is 2. The molecule has 0 aliphatic carbocycles. The first-order valence-electron chi connectivity index (χ1n) is 6.83. The molecule has 2 atom stereocenters. The Morgan fingerprint density at radius 1 is 1.42 bits per heavy atom. The van der Waals surface area contributed by atoms with Crippen molar-refractivity contribution in [3.63, 3.8) is 0 Å². The maximum absolute atomic E-state index is 12.7. The normalized spacial score (nSPS) is 20.8. The van der Waals surface area contributed by atoms with E-state index in [0.717, 1.165) is 25.1 Å². The summed E-state index contributed by atoms with van der Waals surface area (Å²) >= 11 is 0. The fourth-order valence-electron chi connectivity index (χ4n) is 2.70. The van der Waals surface area contributed by atoms with Crippen molar-refractivity contribution in [2.45, 2.75) is 12.5 Å². The van der Waals surface area contributed by atoms with Crippen molar-refractivity contribution in [3.8, 4) is 0 Å². The Labute approximate surface area is 115 Å². The summed E-state index contributed by atoms with van der Waals surface area (Å²) in [5, 5.41) is 0. The van der Waals surface area contributed by atoms with Crippen LogP contribution in [-0.2, 0) is 4.79 Å². The van der Waals surface area contributed by atoms with Crippen LogP contribution in [0.25, 0.3) is 0 Å². The van der Waals surface area contributed by atoms with E-state index in [0.29, 0.717) is 12.5 Å². The van der Waals surface area contributed by atoms with Crippen molar-refractivity contribution in [2.24, 2.45) is 11.7 Å². The summed E-state index contributed by atoms with van der Waals surface area (Å²) in [4.78, 5) is 16.6. The van der Waals surface area contributed by atoms with Gasteiger partial charge < -0.3 is 10.6 Å². The first-order valence-corrected chi connectivity index (χ1v) is 6.83. The molecular weight excluding hydrogens is 238 g/mol. The highest BCUT2D eigenvalue weighted by Gasteiger charge is 2.32. The van der Waals surface area contributed by atoms with Crippen molar-refractivity contribution in [1.29, 1.82) is 0 Å². The second-order valence-corrected chi connectivity index (χ2v) is 5.45. The van der Waals surface area contributed by atoms with E-state index in [1.54, 1.807) is 0 Å². The minimum absolute atomic E-state index is 0.187. The van der Waals surface area contributed by atoms with E-state index >= 15 is 0 Å². The molecule has 19 heavy (non-hydrogen) atoms. The quantitative estimate of drug-likeness (QED) is 0.883. The molecule has 2 N–H and O–H groups in total. The van der Waals surface area contributed by atoms with Gasteiger partial charge in [0.25, 0.3) is 0 Å². The molecule has 0 radical (unpaired) electrons. The molecule has 1 saturated heterocycles. The molecule has 1 aliphatic heterocycles. The van der Waals surface area contributed by atoms with Gasteiger partial charge in [-0.3, -0.25) is 9.69 Å². The summed E-state index contributed by atoms with van der Waals surface area (Å²) in [5.74, 6) is 0.648. The molecule has 0 bridgehead atoms. The van der Waals surface area contributed by atoms with Crippen molar-refractivity contribution >= 4 is 5.91 Å². The highest BCUT2D eigenvalue weighted by molar-refractivity contribution is 5.83. The minimum Gasteiger partial charge on any atom is -0.341 e. The average molecular weight is 261 g/mol. The van der Waals surface area contributed by atoms with Crippen molar-refractivity contribution in [3.05, 3.63) is 35.9 Å². The number of amides is 1. The van der Waals surface area contributed by atoms with Crippen LogP contribution in [0.3, 0.4) is 0 Å². The van der Waals surface area contributed by atoms with E-state index in [1.807, 2.05) is 54.2 Å². The van der Waals surface area contributed by atoms with Gasteiger partial charge in [-0.25, -0.2) is 0 Å². The van der Waals surface area contributed by atoms with Gasteiger partial charge in [-0.1, -0.05) is 30.3 Å². The lowest BCUT2D eigenvalue weighted by molar-refractivity contribution is -0.135. The van der Waals surface area contributed by atoms with Crippen LogP contribution in [0, 0.1) is 5.92 Å². The summed E-state index contributed by atoms with van der Waals surface area (Å²) in [6.07, 6.45) is 1.02. The van der Waals surface area contributed by atoms with Crippen molar-refractivity contribution in [2.75, 3.05) is 33.7 Å². The summed E-state index contributed by atoms with van der Waals surface area (Å²) in [7, 11) is 3.90. The zero-order valence-corrected chi connectivity index (χ0v) is 11.7. The Bertz CT molecular complexity index is 419. The van der Waals surface area contributed by atoms with Gasteiger partial charge >= 0.3 is 0 Å². The number of rotatable bonds is 4. The van der Waals surface area contributed by atoms with Gasteiger partial charge in [0.15, 0.2) is 0 Å². The van der Waals surface area contributed by atoms with E-state index in [1.165, 1.54) is 0 Å². The van der Waals surface area contributed by atoms with Crippen molar-refractivity contribution < 1.29 is 4.79 Å². The largest absolute Gasteiger partial charge is 0.341 e. The summed E-state index contributed by atoms with van der Waals surface area (Å²) in [6, 6.07) is 9.76. The molecule has 0 unspecified atom stereocenters. The van der Waals surface area contributed by atoms with Gasteiger partial charge in [-0.05, 0) is 38.5 Å². The third-order valence-corrected chi connectivity index (χ3v) is 3.80. The average Bonchev–Trinajstić information content (AvgIpc) is 2.88. The topological polar surface area (TPSA) is 49.6 Å². The Balaban J connectivity index is 2.14. The van der Waals surface area contributed by atoms with E-state index in [2.05, 4.69) is 0 Å². The van der Waals surface area contributed by atoms with Crippen LogP contribution in [0.2, 0.25) is 0 Å². The van der Waals surface area contributed by atoms with Crippen LogP contribution in [-0.4, -0.2) is 49.4 Å². The lowest BCUT2D eigenvalue weighted by atomic mass is 10.0. The Kier molecular flexibility index (Phi) is 4.56. The molecule has 0 spiro atoms. The third-order valence-electron chi connectivity index (χ3n) is 3.80. The highest BCUT2D eigenvalue weighted by atomic mass is 16.2. The Morgan fingerprint density at radius 3 is 2.63 bits per heavy atom. The summed E-state index contributed by atoms with van der Waals surface area (Å²) in [5.41, 5.74) is 6.74. The zero-order valence-electron chi connectivity index (χ0n) is 11.7. The van der Waals surface area contributed by atoms with Crippen LogP contribution in [0.1, 0.15) is 18.0 Å². The SMILES string of the molecule is CN(C)[C@H](C(=O)N1CC[C@H](CN)C1)c1ccccc1. The second-order valence-electron chi connectivity index (χ2n) is 5.45. The van der Waals surface area contributed by atoms with Gasteiger partial charge in [0.1, 0.15) is 6.04 Å². The maximum atomic E-state index is 12.7. The van der Waals surface area contributed by atoms with Crippen molar-refractivity contribution in [1.82, 2.24) is 9.80 Å². The molecule has 104 valence electrons. The number of hydrogen-bond acceptors (Lipinski definition) is 3. The number of carbonyl (C=O) groups is 1.